The van der Waals surface area contributed by atoms with Crippen LogP contribution in [0.1, 0.15) is 11.1 Å². The summed E-state index contributed by atoms with van der Waals surface area (Å²) in [5, 5.41) is 5.70. The smallest absolute Gasteiger partial charge is 0.238 e. The summed E-state index contributed by atoms with van der Waals surface area (Å²) in [5.41, 5.74) is 2.44. The van der Waals surface area contributed by atoms with Crippen LogP contribution in [0.2, 0.25) is 0 Å². The van der Waals surface area contributed by atoms with Crippen LogP contribution in [0.4, 0.5) is 5.69 Å². The summed E-state index contributed by atoms with van der Waals surface area (Å²) in [6, 6.07) is 9.09. The minimum absolute atomic E-state index is 0.0718. The Kier molecular flexibility index (Phi) is 9.14. The van der Waals surface area contributed by atoms with Gasteiger partial charge in [0, 0.05) is 28.3 Å². The van der Waals surface area contributed by atoms with E-state index in [1.807, 2.05) is 25.1 Å². The normalized spacial score (nSPS) is 10.5. The van der Waals surface area contributed by atoms with E-state index in [0.717, 1.165) is 21.3 Å². The van der Waals surface area contributed by atoms with Crippen molar-refractivity contribution in [2.75, 3.05) is 46.8 Å². The van der Waals surface area contributed by atoms with Gasteiger partial charge in [0.2, 0.25) is 11.8 Å². The molecule has 0 atom stereocenters. The largest absolute Gasteiger partial charge is 0.496 e. The molecule has 0 unspecified atom stereocenters. The zero-order valence-corrected chi connectivity index (χ0v) is 20.0. The maximum atomic E-state index is 12.3. The lowest BCUT2D eigenvalue weighted by atomic mass is 10.1. The van der Waals surface area contributed by atoms with E-state index in [1.165, 1.54) is 0 Å². The van der Waals surface area contributed by atoms with E-state index in [0.29, 0.717) is 17.2 Å². The number of nitrogens with zero attached hydrogens (tertiary/aromatic N) is 1. The predicted molar refractivity (Wildman–Crippen MR) is 123 cm³/mol. The molecule has 0 aliphatic heterocycles. The van der Waals surface area contributed by atoms with Crippen LogP contribution in [0.25, 0.3) is 0 Å². The minimum Gasteiger partial charge on any atom is -0.496 e. The first-order valence-electron chi connectivity index (χ1n) is 9.57. The van der Waals surface area contributed by atoms with E-state index < -0.39 is 0 Å². The highest BCUT2D eigenvalue weighted by atomic mass is 79.9. The number of amides is 2. The second-order valence-electron chi connectivity index (χ2n) is 6.98. The Balaban J connectivity index is 1.88. The highest BCUT2D eigenvalue weighted by Crippen LogP contribution is 2.34. The fraction of sp³-hybridized carbons (Fsp3) is 0.364. The number of rotatable bonds is 10. The quantitative estimate of drug-likeness (QED) is 0.528. The van der Waals surface area contributed by atoms with Gasteiger partial charge in [-0.05, 0) is 43.8 Å². The standard InChI is InChI=1S/C22H28BrN3O5/c1-14-8-16(23)6-7-17(14)25-22(28)13-26(2)12-21(27)24-11-15-9-19(30-4)20(31-5)10-18(15)29-3/h6-10H,11-13H2,1-5H3,(H,24,27)(H,25,28). The Morgan fingerprint density at radius 2 is 1.55 bits per heavy atom. The highest BCUT2D eigenvalue weighted by Gasteiger charge is 2.15. The van der Waals surface area contributed by atoms with Gasteiger partial charge >= 0.3 is 0 Å². The van der Waals surface area contributed by atoms with Crippen LogP contribution in [-0.2, 0) is 16.1 Å². The van der Waals surface area contributed by atoms with Crippen molar-refractivity contribution in [2.45, 2.75) is 13.5 Å². The highest BCUT2D eigenvalue weighted by molar-refractivity contribution is 9.10. The summed E-state index contributed by atoms with van der Waals surface area (Å²) < 4.78 is 16.9. The van der Waals surface area contributed by atoms with E-state index in [9.17, 15) is 9.59 Å². The number of ether oxygens (including phenoxy) is 3. The summed E-state index contributed by atoms with van der Waals surface area (Å²) >= 11 is 3.40. The average molecular weight is 494 g/mol. The molecule has 0 aromatic heterocycles. The third kappa shape index (κ3) is 7.15. The summed E-state index contributed by atoms with van der Waals surface area (Å²) in [6.07, 6.45) is 0. The van der Waals surface area contributed by atoms with Crippen molar-refractivity contribution in [3.63, 3.8) is 0 Å². The molecule has 9 heteroatoms. The third-order valence-corrected chi connectivity index (χ3v) is 5.05. The van der Waals surface area contributed by atoms with Gasteiger partial charge in [0.15, 0.2) is 11.5 Å². The summed E-state index contributed by atoms with van der Waals surface area (Å²) in [6.45, 7) is 2.32. The van der Waals surface area contributed by atoms with Gasteiger partial charge in [-0.2, -0.15) is 0 Å². The van der Waals surface area contributed by atoms with Crippen LogP contribution < -0.4 is 24.8 Å². The molecule has 2 amide bonds. The fourth-order valence-corrected chi connectivity index (χ4v) is 3.46. The molecule has 0 fully saturated rings. The lowest BCUT2D eigenvalue weighted by molar-refractivity contribution is -0.123. The second-order valence-corrected chi connectivity index (χ2v) is 7.89. The van der Waals surface area contributed by atoms with Crippen LogP contribution in [-0.4, -0.2) is 58.2 Å². The Morgan fingerprint density at radius 3 is 2.16 bits per heavy atom. The van der Waals surface area contributed by atoms with Gasteiger partial charge in [0.25, 0.3) is 0 Å². The number of aryl methyl sites for hydroxylation is 1. The molecule has 0 heterocycles. The van der Waals surface area contributed by atoms with Crippen LogP contribution in [0.3, 0.4) is 0 Å². The molecule has 8 nitrogen and oxygen atoms in total. The molecule has 2 N–H and O–H groups in total. The molecular weight excluding hydrogens is 466 g/mol. The van der Waals surface area contributed by atoms with Gasteiger partial charge in [-0.15, -0.1) is 0 Å². The first-order chi connectivity index (χ1) is 14.8. The van der Waals surface area contributed by atoms with Gasteiger partial charge in [-0.25, -0.2) is 0 Å². The second kappa shape index (κ2) is 11.6. The molecule has 0 aliphatic rings. The first kappa shape index (κ1) is 24.5. The number of carbonyl (C=O) groups is 2. The predicted octanol–water partition coefficient (Wildman–Crippen LogP) is 2.97. The third-order valence-electron chi connectivity index (χ3n) is 4.55. The lowest BCUT2D eigenvalue weighted by Crippen LogP contribution is -2.38. The summed E-state index contributed by atoms with van der Waals surface area (Å²) in [5.74, 6) is 1.26. The number of hydrogen-bond donors (Lipinski definition) is 2. The lowest BCUT2D eigenvalue weighted by Gasteiger charge is -2.18. The van der Waals surface area contributed by atoms with Crippen molar-refractivity contribution < 1.29 is 23.8 Å². The van der Waals surface area contributed by atoms with E-state index >= 15 is 0 Å². The first-order valence-corrected chi connectivity index (χ1v) is 10.4. The van der Waals surface area contributed by atoms with Crippen molar-refractivity contribution in [2.24, 2.45) is 0 Å². The number of halogens is 1. The zero-order valence-electron chi connectivity index (χ0n) is 18.4. The van der Waals surface area contributed by atoms with Gasteiger partial charge in [0.1, 0.15) is 5.75 Å². The van der Waals surface area contributed by atoms with Gasteiger partial charge in [-0.3, -0.25) is 14.5 Å². The van der Waals surface area contributed by atoms with Crippen molar-refractivity contribution >= 4 is 33.4 Å². The monoisotopic (exact) mass is 493 g/mol. The molecule has 2 rings (SSSR count). The fourth-order valence-electron chi connectivity index (χ4n) is 2.98. The van der Waals surface area contributed by atoms with E-state index in [1.54, 1.807) is 45.4 Å². The number of benzene rings is 2. The van der Waals surface area contributed by atoms with Crippen LogP contribution in [0.5, 0.6) is 17.2 Å². The van der Waals surface area contributed by atoms with E-state index in [4.69, 9.17) is 14.2 Å². The molecular formula is C22H28BrN3O5. The minimum atomic E-state index is -0.216. The molecule has 168 valence electrons. The molecule has 2 aromatic carbocycles. The average Bonchev–Trinajstić information content (AvgIpc) is 2.73. The molecule has 0 bridgehead atoms. The van der Waals surface area contributed by atoms with Crippen molar-refractivity contribution in [3.8, 4) is 17.2 Å². The number of anilines is 1. The Bertz CT molecular complexity index is 936. The number of nitrogens with one attached hydrogen (secondary N) is 2. The molecule has 0 radical (unpaired) electrons. The molecule has 0 spiro atoms. The molecule has 2 aromatic rings. The summed E-state index contributed by atoms with van der Waals surface area (Å²) in [4.78, 5) is 26.3. The Labute approximate surface area is 191 Å². The van der Waals surface area contributed by atoms with Crippen molar-refractivity contribution in [1.82, 2.24) is 10.2 Å². The van der Waals surface area contributed by atoms with Crippen molar-refractivity contribution in [3.05, 3.63) is 45.9 Å². The van der Waals surface area contributed by atoms with Crippen LogP contribution in [0.15, 0.2) is 34.8 Å². The Hall–Kier alpha value is -2.78. The van der Waals surface area contributed by atoms with Crippen molar-refractivity contribution in [1.29, 1.82) is 0 Å². The van der Waals surface area contributed by atoms with Gasteiger partial charge < -0.3 is 24.8 Å². The maximum absolute atomic E-state index is 12.3. The molecule has 0 aliphatic carbocycles. The maximum Gasteiger partial charge on any atom is 0.238 e. The Morgan fingerprint density at radius 1 is 0.935 bits per heavy atom. The van der Waals surface area contributed by atoms with E-state index in [-0.39, 0.29) is 31.4 Å². The SMILES string of the molecule is COc1cc(OC)c(OC)cc1CNC(=O)CN(C)CC(=O)Nc1ccc(Br)cc1C. The van der Waals surface area contributed by atoms with E-state index in [2.05, 4.69) is 26.6 Å². The topological polar surface area (TPSA) is 89.1 Å². The van der Waals surface area contributed by atoms with Crippen LogP contribution >= 0.6 is 15.9 Å². The van der Waals surface area contributed by atoms with Gasteiger partial charge in [0.05, 0.1) is 34.4 Å². The molecule has 31 heavy (non-hydrogen) atoms. The number of likely N-dealkylation sites (N-methyl/N-ethyl adjacent to an activating group) is 1. The number of hydrogen-bond acceptors (Lipinski definition) is 6. The van der Waals surface area contributed by atoms with Crippen LogP contribution in [0, 0.1) is 6.92 Å². The van der Waals surface area contributed by atoms with Gasteiger partial charge in [-0.1, -0.05) is 15.9 Å². The number of methoxy groups -OCH3 is 3. The molecule has 0 saturated heterocycles. The molecule has 0 saturated carbocycles. The zero-order chi connectivity index (χ0) is 23.0. The summed E-state index contributed by atoms with van der Waals surface area (Å²) in [7, 11) is 6.35. The number of carbonyl (C=O) groups excluding carboxylic acids is 2.